The average Bonchev–Trinajstić information content (AvgIpc) is 3.21. The lowest BCUT2D eigenvalue weighted by Crippen LogP contribution is -2.47. The second kappa shape index (κ2) is 10.4. The zero-order chi connectivity index (χ0) is 19.4. The van der Waals surface area contributed by atoms with E-state index in [4.69, 9.17) is 11.6 Å². The first-order valence-electron chi connectivity index (χ1n) is 9.78. The molecule has 0 spiro atoms. The third-order valence-corrected chi connectivity index (χ3v) is 5.51. The molecule has 2 amide bonds. The number of nitrogens with one attached hydrogen (secondary N) is 2. The first-order valence-corrected chi connectivity index (χ1v) is 10.2. The van der Waals surface area contributed by atoms with Gasteiger partial charge in [-0.3, -0.25) is 9.59 Å². The number of hydrogen-bond acceptors (Lipinski definition) is 5. The Hall–Kier alpha value is -1.44. The zero-order valence-corrected chi connectivity index (χ0v) is 18.0. The van der Waals surface area contributed by atoms with E-state index in [1.54, 1.807) is 4.90 Å². The molecule has 0 bridgehead atoms. The summed E-state index contributed by atoms with van der Waals surface area (Å²) >= 11 is 6.19. The number of likely N-dealkylation sites (tertiary alicyclic amines) is 1. The number of nitrogens with zero attached hydrogens (tertiary/aromatic N) is 3. The van der Waals surface area contributed by atoms with E-state index in [1.165, 1.54) is 6.20 Å². The van der Waals surface area contributed by atoms with Gasteiger partial charge in [0.2, 0.25) is 5.91 Å². The van der Waals surface area contributed by atoms with E-state index in [0.717, 1.165) is 32.2 Å². The Balaban J connectivity index is 0.00000280. The summed E-state index contributed by atoms with van der Waals surface area (Å²) in [7, 11) is 0. The molecule has 0 saturated carbocycles. The molecule has 9 heteroatoms. The third-order valence-electron chi connectivity index (χ3n) is 5.23. The summed E-state index contributed by atoms with van der Waals surface area (Å²) in [6, 6.07) is -0.0689. The molecule has 1 aromatic rings. The van der Waals surface area contributed by atoms with Gasteiger partial charge in [-0.15, -0.1) is 12.4 Å². The highest BCUT2D eigenvalue weighted by Gasteiger charge is 2.28. The van der Waals surface area contributed by atoms with Gasteiger partial charge in [-0.05, 0) is 38.1 Å². The lowest BCUT2D eigenvalue weighted by atomic mass is 9.97. The smallest absolute Gasteiger partial charge is 0.274 e. The summed E-state index contributed by atoms with van der Waals surface area (Å²) in [5.41, 5.74) is 0.273. The van der Waals surface area contributed by atoms with Crippen LogP contribution in [0.4, 0.5) is 0 Å². The number of rotatable bonds is 5. The molecule has 0 aromatic carbocycles. The normalized spacial score (nSPS) is 22.1. The minimum Gasteiger partial charge on any atom is -0.354 e. The van der Waals surface area contributed by atoms with Crippen molar-refractivity contribution < 1.29 is 9.59 Å². The maximum Gasteiger partial charge on any atom is 0.274 e. The van der Waals surface area contributed by atoms with Crippen molar-refractivity contribution in [2.45, 2.75) is 51.5 Å². The molecule has 2 N–H and O–H groups in total. The van der Waals surface area contributed by atoms with Gasteiger partial charge in [-0.1, -0.05) is 25.4 Å². The number of carbonyl (C=O) groups is 2. The van der Waals surface area contributed by atoms with Crippen LogP contribution in [0.5, 0.6) is 0 Å². The van der Waals surface area contributed by atoms with E-state index in [9.17, 15) is 9.59 Å². The van der Waals surface area contributed by atoms with Crippen LogP contribution >= 0.6 is 24.0 Å². The van der Waals surface area contributed by atoms with Crippen LogP contribution in [-0.2, 0) is 4.79 Å². The molecule has 0 aliphatic carbocycles. The Kier molecular flexibility index (Phi) is 8.46. The SMILES string of the molecule is CC(C)c1ncc(Cl)c(C(=O)N2CCCC(CNC(=O)C3CCCN3)C2)n1.Cl. The Morgan fingerprint density at radius 3 is 2.82 bits per heavy atom. The molecule has 2 unspecified atom stereocenters. The first-order chi connectivity index (χ1) is 13.0. The Morgan fingerprint density at radius 1 is 1.36 bits per heavy atom. The van der Waals surface area contributed by atoms with Crippen molar-refractivity contribution >= 4 is 35.8 Å². The number of aromatic nitrogens is 2. The Morgan fingerprint density at radius 2 is 2.14 bits per heavy atom. The maximum atomic E-state index is 12.9. The lowest BCUT2D eigenvalue weighted by Gasteiger charge is -2.33. The average molecular weight is 430 g/mol. The van der Waals surface area contributed by atoms with Crippen molar-refractivity contribution in [3.8, 4) is 0 Å². The predicted molar refractivity (Wildman–Crippen MR) is 111 cm³/mol. The van der Waals surface area contributed by atoms with E-state index >= 15 is 0 Å². The van der Waals surface area contributed by atoms with Crippen molar-refractivity contribution in [3.05, 3.63) is 22.7 Å². The van der Waals surface area contributed by atoms with E-state index in [1.807, 2.05) is 13.8 Å². The zero-order valence-electron chi connectivity index (χ0n) is 16.4. The summed E-state index contributed by atoms with van der Waals surface area (Å²) in [5.74, 6) is 0.905. The third kappa shape index (κ3) is 5.55. The summed E-state index contributed by atoms with van der Waals surface area (Å²) in [5, 5.41) is 6.53. The van der Waals surface area contributed by atoms with E-state index < -0.39 is 0 Å². The maximum absolute atomic E-state index is 12.9. The van der Waals surface area contributed by atoms with Gasteiger partial charge in [0.25, 0.3) is 5.91 Å². The van der Waals surface area contributed by atoms with Crippen molar-refractivity contribution in [3.63, 3.8) is 0 Å². The van der Waals surface area contributed by atoms with Gasteiger partial charge in [-0.25, -0.2) is 9.97 Å². The van der Waals surface area contributed by atoms with Crippen LogP contribution in [0.2, 0.25) is 5.02 Å². The molecule has 2 aliphatic rings. The molecule has 0 radical (unpaired) electrons. The molecule has 156 valence electrons. The van der Waals surface area contributed by atoms with Crippen LogP contribution in [0.3, 0.4) is 0 Å². The van der Waals surface area contributed by atoms with Crippen molar-refractivity contribution in [2.75, 3.05) is 26.2 Å². The fourth-order valence-electron chi connectivity index (χ4n) is 3.65. The van der Waals surface area contributed by atoms with Crippen molar-refractivity contribution in [1.29, 1.82) is 0 Å². The second-order valence-corrected chi connectivity index (χ2v) is 8.14. The Bertz CT molecular complexity index is 695. The quantitative estimate of drug-likeness (QED) is 0.749. The molecule has 2 fully saturated rings. The molecule has 3 rings (SSSR count). The van der Waals surface area contributed by atoms with Crippen LogP contribution in [0.15, 0.2) is 6.20 Å². The predicted octanol–water partition coefficient (Wildman–Crippen LogP) is 2.40. The van der Waals surface area contributed by atoms with Gasteiger partial charge < -0.3 is 15.5 Å². The number of carbonyl (C=O) groups excluding carboxylic acids is 2. The minimum atomic E-state index is -0.155. The fraction of sp³-hybridized carbons (Fsp3) is 0.684. The highest BCUT2D eigenvalue weighted by molar-refractivity contribution is 6.33. The topological polar surface area (TPSA) is 87.2 Å². The van der Waals surface area contributed by atoms with Crippen LogP contribution in [0.25, 0.3) is 0 Å². The number of piperidine rings is 1. The van der Waals surface area contributed by atoms with E-state index in [0.29, 0.717) is 25.5 Å². The second-order valence-electron chi connectivity index (χ2n) is 7.73. The fourth-order valence-corrected chi connectivity index (χ4v) is 3.82. The molecule has 7 nitrogen and oxygen atoms in total. The number of amides is 2. The van der Waals surface area contributed by atoms with Gasteiger partial charge >= 0.3 is 0 Å². The molecule has 3 heterocycles. The summed E-state index contributed by atoms with van der Waals surface area (Å²) in [6.07, 6.45) is 5.35. The first kappa shape index (κ1) is 22.8. The minimum absolute atomic E-state index is 0. The van der Waals surface area contributed by atoms with Crippen LogP contribution in [0.1, 0.15) is 61.8 Å². The molecule has 2 aliphatic heterocycles. The number of halogens is 2. The van der Waals surface area contributed by atoms with E-state index in [2.05, 4.69) is 20.6 Å². The standard InChI is InChI=1S/C19H28ClN5O2.ClH/c1-12(2)17-22-10-14(20)16(24-17)19(27)25-8-4-5-13(11-25)9-23-18(26)15-6-3-7-21-15;/h10,12-13,15,21H,3-9,11H2,1-2H3,(H,23,26);1H. The van der Waals surface area contributed by atoms with Crippen LogP contribution in [0, 0.1) is 5.92 Å². The molecule has 2 atom stereocenters. The summed E-state index contributed by atoms with van der Waals surface area (Å²) in [6.45, 7) is 6.75. The molecule has 2 saturated heterocycles. The van der Waals surface area contributed by atoms with Crippen molar-refractivity contribution in [1.82, 2.24) is 25.5 Å². The number of hydrogen-bond donors (Lipinski definition) is 2. The highest BCUT2D eigenvalue weighted by Crippen LogP contribution is 2.22. The van der Waals surface area contributed by atoms with E-state index in [-0.39, 0.29) is 52.8 Å². The molecule has 28 heavy (non-hydrogen) atoms. The Labute approximate surface area is 177 Å². The molecule has 1 aromatic heterocycles. The van der Waals surface area contributed by atoms with Crippen LogP contribution < -0.4 is 10.6 Å². The van der Waals surface area contributed by atoms with Gasteiger partial charge in [0.15, 0.2) is 5.69 Å². The molecular weight excluding hydrogens is 401 g/mol. The van der Waals surface area contributed by atoms with Crippen LogP contribution in [-0.4, -0.2) is 58.9 Å². The largest absolute Gasteiger partial charge is 0.354 e. The van der Waals surface area contributed by atoms with Gasteiger partial charge in [0.1, 0.15) is 5.82 Å². The van der Waals surface area contributed by atoms with Gasteiger partial charge in [0, 0.05) is 25.6 Å². The summed E-state index contributed by atoms with van der Waals surface area (Å²) in [4.78, 5) is 35.5. The monoisotopic (exact) mass is 429 g/mol. The van der Waals surface area contributed by atoms with Gasteiger partial charge in [-0.2, -0.15) is 0 Å². The lowest BCUT2D eigenvalue weighted by molar-refractivity contribution is -0.123. The van der Waals surface area contributed by atoms with Gasteiger partial charge in [0.05, 0.1) is 17.3 Å². The highest BCUT2D eigenvalue weighted by atomic mass is 35.5. The van der Waals surface area contributed by atoms with Crippen molar-refractivity contribution in [2.24, 2.45) is 5.92 Å². The summed E-state index contributed by atoms with van der Waals surface area (Å²) < 4.78 is 0. The molecular formula is C19H29Cl2N5O2.